The Morgan fingerprint density at radius 3 is 1.15 bits per heavy atom. The summed E-state index contributed by atoms with van der Waals surface area (Å²) in [7, 11) is 0. The first-order valence-electron chi connectivity index (χ1n) is 19.2. The van der Waals surface area contributed by atoms with E-state index in [2.05, 4.69) is 191 Å². The zero-order chi connectivity index (χ0) is 37.2. The minimum atomic E-state index is 0.0673. The highest BCUT2D eigenvalue weighted by atomic mass is 15.2. The van der Waals surface area contributed by atoms with Gasteiger partial charge in [0, 0.05) is 44.9 Å². The van der Waals surface area contributed by atoms with Crippen LogP contribution < -0.4 is 26.2 Å². The number of para-hydroxylation sites is 2. The highest BCUT2D eigenvalue weighted by Gasteiger charge is 2.45. The predicted octanol–water partition coefficient (Wildman–Crippen LogP) is 11.3. The van der Waals surface area contributed by atoms with Gasteiger partial charge in [0.25, 0.3) is 6.71 Å². The van der Waals surface area contributed by atoms with Gasteiger partial charge in [0.1, 0.15) is 0 Å². The van der Waals surface area contributed by atoms with Crippen LogP contribution in [0.4, 0.5) is 34.1 Å². The summed E-state index contributed by atoms with van der Waals surface area (Å²) in [6.07, 6.45) is 0. The van der Waals surface area contributed by atoms with Crippen molar-refractivity contribution < 1.29 is 0 Å². The number of anilines is 6. The fourth-order valence-corrected chi connectivity index (χ4v) is 10.0. The van der Waals surface area contributed by atoms with Crippen molar-refractivity contribution in [3.05, 3.63) is 166 Å². The van der Waals surface area contributed by atoms with Crippen LogP contribution in [0, 0.1) is 55.4 Å². The predicted molar refractivity (Wildman–Crippen MR) is 233 cm³/mol. The quantitative estimate of drug-likeness (QED) is 0.170. The van der Waals surface area contributed by atoms with Crippen LogP contribution in [-0.4, -0.2) is 11.3 Å². The second kappa shape index (κ2) is 11.8. The Labute approximate surface area is 319 Å². The molecule has 0 fully saturated rings. The van der Waals surface area contributed by atoms with Crippen molar-refractivity contribution in [3.63, 3.8) is 0 Å². The minimum absolute atomic E-state index is 0.0673. The molecule has 4 heteroatoms. The summed E-state index contributed by atoms with van der Waals surface area (Å²) in [6, 6.07) is 46.3. The number of nitrogens with zero attached hydrogens (tertiary/aromatic N) is 3. The summed E-state index contributed by atoms with van der Waals surface area (Å²) in [5.74, 6) is 0. The molecule has 0 atom stereocenters. The molecule has 1 aromatic heterocycles. The van der Waals surface area contributed by atoms with Crippen LogP contribution in [0.15, 0.2) is 121 Å². The van der Waals surface area contributed by atoms with Crippen LogP contribution in [0.3, 0.4) is 0 Å². The maximum Gasteiger partial charge on any atom is 0.252 e. The average Bonchev–Trinajstić information content (AvgIpc) is 3.44. The zero-order valence-corrected chi connectivity index (χ0v) is 32.5. The Bertz CT molecular complexity index is 2660. The molecule has 0 spiro atoms. The van der Waals surface area contributed by atoms with Gasteiger partial charge in [-0.25, -0.2) is 0 Å². The second-order valence-electron chi connectivity index (χ2n) is 16.1. The monoisotopic (exact) mass is 697 g/mol. The first-order chi connectivity index (χ1) is 26.0. The van der Waals surface area contributed by atoms with E-state index in [4.69, 9.17) is 0 Å². The number of aryl methyl sites for hydroxylation is 8. The van der Waals surface area contributed by atoms with Gasteiger partial charge in [0.2, 0.25) is 0 Å². The standard InChI is InChI=1S/C50H44BN3/c1-29-17-30(2)22-37(21-29)53-44-25-33(5)19-35(7)48(44)51-49-36(8)20-34(6)26-45(49)54(38-23-31(3)18-32(4)24-38)47-28-39(27-46(53)50(47)51)52-42-15-11-9-13-40(42)41-14-10-12-16-43(41)52/h9-28H,1-8H3. The molecule has 0 bridgehead atoms. The van der Waals surface area contributed by atoms with Gasteiger partial charge >= 0.3 is 0 Å². The molecule has 54 heavy (non-hydrogen) atoms. The van der Waals surface area contributed by atoms with Gasteiger partial charge < -0.3 is 14.4 Å². The molecule has 3 heterocycles. The smallest absolute Gasteiger partial charge is 0.252 e. The lowest BCUT2D eigenvalue weighted by atomic mass is 9.32. The van der Waals surface area contributed by atoms with Gasteiger partial charge in [-0.3, -0.25) is 0 Å². The highest BCUT2D eigenvalue weighted by molar-refractivity contribution is 7.01. The summed E-state index contributed by atoms with van der Waals surface area (Å²) in [5.41, 5.74) is 25.4. The molecule has 8 aromatic rings. The SMILES string of the molecule is Cc1cc(C)cc(N2c3cc(C)cc(C)c3B3c4c(C)cc(C)cc4N(c4cc(C)cc(C)c4)c4cc(-n5c6ccccc6c6ccccc65)cc2c43)c1. The largest absolute Gasteiger partial charge is 0.311 e. The van der Waals surface area contributed by atoms with E-state index in [-0.39, 0.29) is 6.71 Å². The molecule has 2 aliphatic heterocycles. The Morgan fingerprint density at radius 2 is 0.722 bits per heavy atom. The van der Waals surface area contributed by atoms with Crippen molar-refractivity contribution in [2.75, 3.05) is 9.80 Å². The normalized spacial score (nSPS) is 13.1. The second-order valence-corrected chi connectivity index (χ2v) is 16.1. The van der Waals surface area contributed by atoms with Crippen LogP contribution >= 0.6 is 0 Å². The Morgan fingerprint density at radius 1 is 0.352 bits per heavy atom. The molecule has 0 N–H and O–H groups in total. The third kappa shape index (κ3) is 4.75. The van der Waals surface area contributed by atoms with Crippen molar-refractivity contribution >= 4 is 79.0 Å². The van der Waals surface area contributed by atoms with Crippen molar-refractivity contribution in [2.24, 2.45) is 0 Å². The summed E-state index contributed by atoms with van der Waals surface area (Å²) in [6.45, 7) is 18.1. The van der Waals surface area contributed by atoms with Crippen LogP contribution in [0.2, 0.25) is 0 Å². The molecular formula is C50H44BN3. The van der Waals surface area contributed by atoms with Crippen molar-refractivity contribution in [1.29, 1.82) is 0 Å². The van der Waals surface area contributed by atoms with Gasteiger partial charge in [0.15, 0.2) is 0 Å². The minimum Gasteiger partial charge on any atom is -0.311 e. The van der Waals surface area contributed by atoms with Gasteiger partial charge in [-0.15, -0.1) is 0 Å². The molecule has 0 saturated heterocycles. The van der Waals surface area contributed by atoms with Gasteiger partial charge in [-0.05, 0) is 166 Å². The first-order valence-corrected chi connectivity index (χ1v) is 19.2. The Hall–Kier alpha value is -6.00. The fourth-order valence-electron chi connectivity index (χ4n) is 10.0. The van der Waals surface area contributed by atoms with E-state index < -0.39 is 0 Å². The molecule has 7 aromatic carbocycles. The molecular weight excluding hydrogens is 653 g/mol. The molecule has 3 nitrogen and oxygen atoms in total. The molecule has 0 saturated carbocycles. The number of hydrogen-bond donors (Lipinski definition) is 0. The number of rotatable bonds is 3. The molecule has 2 aliphatic rings. The lowest BCUT2D eigenvalue weighted by molar-refractivity contribution is 1.15. The van der Waals surface area contributed by atoms with Crippen LogP contribution in [0.25, 0.3) is 27.5 Å². The molecule has 10 rings (SSSR count). The maximum atomic E-state index is 2.58. The summed E-state index contributed by atoms with van der Waals surface area (Å²) < 4.78 is 2.49. The third-order valence-corrected chi connectivity index (χ3v) is 11.7. The lowest BCUT2D eigenvalue weighted by Crippen LogP contribution is -2.62. The topological polar surface area (TPSA) is 11.4 Å². The van der Waals surface area contributed by atoms with Gasteiger partial charge in [-0.1, -0.05) is 71.8 Å². The number of hydrogen-bond acceptors (Lipinski definition) is 2. The van der Waals surface area contributed by atoms with Crippen molar-refractivity contribution in [2.45, 2.75) is 55.4 Å². The summed E-state index contributed by atoms with van der Waals surface area (Å²) >= 11 is 0. The number of aromatic nitrogens is 1. The fraction of sp³-hybridized carbons (Fsp3) is 0.160. The Kier molecular flexibility index (Phi) is 7.10. The third-order valence-electron chi connectivity index (χ3n) is 11.7. The molecule has 0 radical (unpaired) electrons. The number of fused-ring (bicyclic) bond motifs is 7. The van der Waals surface area contributed by atoms with Crippen LogP contribution in [0.1, 0.15) is 44.5 Å². The molecule has 0 unspecified atom stereocenters. The average molecular weight is 698 g/mol. The van der Waals surface area contributed by atoms with E-state index in [0.29, 0.717) is 0 Å². The van der Waals surface area contributed by atoms with Gasteiger partial charge in [-0.2, -0.15) is 0 Å². The zero-order valence-electron chi connectivity index (χ0n) is 32.5. The molecule has 0 amide bonds. The Balaban J connectivity index is 1.42. The van der Waals surface area contributed by atoms with E-state index in [1.807, 2.05) is 0 Å². The van der Waals surface area contributed by atoms with Gasteiger partial charge in [0.05, 0.1) is 16.7 Å². The number of benzene rings is 7. The van der Waals surface area contributed by atoms with E-state index in [1.54, 1.807) is 0 Å². The van der Waals surface area contributed by atoms with Crippen LogP contribution in [0.5, 0.6) is 0 Å². The van der Waals surface area contributed by atoms with Crippen molar-refractivity contribution in [3.8, 4) is 5.69 Å². The van der Waals surface area contributed by atoms with E-state index in [9.17, 15) is 0 Å². The summed E-state index contributed by atoms with van der Waals surface area (Å²) in [5, 5.41) is 2.53. The van der Waals surface area contributed by atoms with Crippen LogP contribution in [-0.2, 0) is 0 Å². The molecule has 0 aliphatic carbocycles. The molecule has 262 valence electrons. The van der Waals surface area contributed by atoms with Crippen molar-refractivity contribution in [1.82, 2.24) is 4.57 Å². The van der Waals surface area contributed by atoms with E-state index in [1.165, 1.54) is 117 Å². The summed E-state index contributed by atoms with van der Waals surface area (Å²) in [4.78, 5) is 5.16. The van der Waals surface area contributed by atoms with E-state index in [0.717, 1.165) is 5.69 Å². The first kappa shape index (κ1) is 32.6. The highest BCUT2D eigenvalue weighted by Crippen LogP contribution is 2.47. The maximum absolute atomic E-state index is 2.58. The lowest BCUT2D eigenvalue weighted by Gasteiger charge is -2.46. The van der Waals surface area contributed by atoms with E-state index >= 15 is 0 Å².